The van der Waals surface area contributed by atoms with Crippen molar-refractivity contribution in [3.05, 3.63) is 53.5 Å². The Balaban J connectivity index is 1.48. The minimum Gasteiger partial charge on any atom is -0.486 e. The Labute approximate surface area is 155 Å². The first-order valence-electron chi connectivity index (χ1n) is 9.44. The van der Waals surface area contributed by atoms with E-state index in [1.165, 1.54) is 5.56 Å². The van der Waals surface area contributed by atoms with Gasteiger partial charge in [-0.1, -0.05) is 25.5 Å². The summed E-state index contributed by atoms with van der Waals surface area (Å²) in [5.74, 6) is 1.66. The van der Waals surface area contributed by atoms with Crippen molar-refractivity contribution in [1.82, 2.24) is 10.2 Å². The lowest BCUT2D eigenvalue weighted by Gasteiger charge is -2.29. The summed E-state index contributed by atoms with van der Waals surface area (Å²) < 4.78 is 11.4. The Kier molecular flexibility index (Phi) is 6.34. The average Bonchev–Trinajstić information content (AvgIpc) is 3.12. The number of likely N-dealkylation sites (tertiary alicyclic amines) is 1. The van der Waals surface area contributed by atoms with E-state index in [0.717, 1.165) is 44.5 Å². The first kappa shape index (κ1) is 18.5. The molecular weight excluding hydrogens is 328 g/mol. The van der Waals surface area contributed by atoms with Crippen LogP contribution in [0.4, 0.5) is 0 Å². The predicted molar refractivity (Wildman–Crippen MR) is 101 cm³/mol. The quantitative estimate of drug-likeness (QED) is 0.823. The second-order valence-corrected chi connectivity index (χ2v) is 7.00. The molecule has 1 N–H and O–H groups in total. The number of nitrogens with one attached hydrogen (secondary N) is 1. The predicted octanol–water partition coefficient (Wildman–Crippen LogP) is 3.64. The van der Waals surface area contributed by atoms with Gasteiger partial charge in [0.2, 0.25) is 0 Å². The summed E-state index contributed by atoms with van der Waals surface area (Å²) in [6.45, 7) is 4.51. The van der Waals surface area contributed by atoms with Crippen LogP contribution in [0.1, 0.15) is 48.1 Å². The van der Waals surface area contributed by atoms with E-state index in [-0.39, 0.29) is 11.9 Å². The first-order chi connectivity index (χ1) is 12.6. The zero-order valence-corrected chi connectivity index (χ0v) is 15.7. The molecule has 1 amide bonds. The molecule has 5 nitrogen and oxygen atoms in total. The number of hydrogen-bond donors (Lipinski definition) is 1. The molecule has 5 heteroatoms. The first-order valence-corrected chi connectivity index (χ1v) is 9.44. The number of ether oxygens (including phenoxy) is 1. The highest BCUT2D eigenvalue weighted by atomic mass is 16.5. The van der Waals surface area contributed by atoms with Gasteiger partial charge < -0.3 is 19.4 Å². The van der Waals surface area contributed by atoms with E-state index >= 15 is 0 Å². The fourth-order valence-corrected chi connectivity index (χ4v) is 3.18. The molecule has 1 saturated heterocycles. The molecule has 140 valence electrons. The normalized spacial score (nSPS) is 15.8. The van der Waals surface area contributed by atoms with Gasteiger partial charge in [-0.3, -0.25) is 4.79 Å². The summed E-state index contributed by atoms with van der Waals surface area (Å²) in [5.41, 5.74) is 1.31. The van der Waals surface area contributed by atoms with E-state index in [1.807, 2.05) is 12.1 Å². The number of aryl methyl sites for hydroxylation is 1. The SMILES string of the molecule is CCCc1ccc(OCc2ccc(C(=O)NC3CCN(C)CC3)o2)cc1. The number of nitrogens with zero attached hydrogens (tertiary/aromatic N) is 1. The van der Waals surface area contributed by atoms with Crippen molar-refractivity contribution < 1.29 is 13.9 Å². The van der Waals surface area contributed by atoms with Crippen LogP contribution in [-0.4, -0.2) is 37.0 Å². The molecule has 1 aromatic carbocycles. The molecule has 0 spiro atoms. The van der Waals surface area contributed by atoms with Crippen LogP contribution in [-0.2, 0) is 13.0 Å². The summed E-state index contributed by atoms with van der Waals surface area (Å²) in [7, 11) is 2.11. The highest BCUT2D eigenvalue weighted by Crippen LogP contribution is 2.17. The fourth-order valence-electron chi connectivity index (χ4n) is 3.18. The second kappa shape index (κ2) is 8.90. The molecule has 0 bridgehead atoms. The summed E-state index contributed by atoms with van der Waals surface area (Å²) >= 11 is 0. The van der Waals surface area contributed by atoms with Crippen LogP contribution in [0.5, 0.6) is 5.75 Å². The van der Waals surface area contributed by atoms with Crippen LogP contribution in [0, 0.1) is 0 Å². The maximum Gasteiger partial charge on any atom is 0.287 e. The third kappa shape index (κ3) is 5.11. The van der Waals surface area contributed by atoms with Crippen molar-refractivity contribution in [3.63, 3.8) is 0 Å². The Morgan fingerprint density at radius 1 is 1.19 bits per heavy atom. The number of carbonyl (C=O) groups excluding carboxylic acids is 1. The minimum atomic E-state index is -0.144. The van der Waals surface area contributed by atoms with E-state index in [9.17, 15) is 4.79 Å². The molecule has 2 heterocycles. The molecule has 2 aromatic rings. The molecule has 1 aliphatic heterocycles. The van der Waals surface area contributed by atoms with E-state index in [4.69, 9.17) is 9.15 Å². The Morgan fingerprint density at radius 3 is 2.62 bits per heavy atom. The number of benzene rings is 1. The number of rotatable bonds is 7. The molecule has 0 atom stereocenters. The highest BCUT2D eigenvalue weighted by Gasteiger charge is 2.20. The molecule has 0 radical (unpaired) electrons. The topological polar surface area (TPSA) is 54.7 Å². The number of amides is 1. The lowest BCUT2D eigenvalue weighted by Crippen LogP contribution is -2.43. The van der Waals surface area contributed by atoms with Gasteiger partial charge in [0.1, 0.15) is 18.1 Å². The van der Waals surface area contributed by atoms with Gasteiger partial charge in [-0.2, -0.15) is 0 Å². The van der Waals surface area contributed by atoms with Crippen LogP contribution in [0.3, 0.4) is 0 Å². The summed E-state index contributed by atoms with van der Waals surface area (Å²) in [6.07, 6.45) is 4.17. The summed E-state index contributed by atoms with van der Waals surface area (Å²) in [4.78, 5) is 14.6. The number of hydrogen-bond acceptors (Lipinski definition) is 4. The van der Waals surface area contributed by atoms with Crippen molar-refractivity contribution in [2.24, 2.45) is 0 Å². The zero-order chi connectivity index (χ0) is 18.4. The van der Waals surface area contributed by atoms with Gasteiger partial charge in [-0.05, 0) is 69.2 Å². The van der Waals surface area contributed by atoms with E-state index < -0.39 is 0 Å². The lowest BCUT2D eigenvalue weighted by molar-refractivity contribution is 0.0884. The van der Waals surface area contributed by atoms with Gasteiger partial charge in [-0.25, -0.2) is 0 Å². The third-order valence-corrected chi connectivity index (χ3v) is 4.78. The van der Waals surface area contributed by atoms with E-state index in [0.29, 0.717) is 18.1 Å². The average molecular weight is 356 g/mol. The molecule has 0 aliphatic carbocycles. The maximum absolute atomic E-state index is 12.3. The summed E-state index contributed by atoms with van der Waals surface area (Å²) in [5, 5.41) is 3.06. The molecule has 0 saturated carbocycles. The Morgan fingerprint density at radius 2 is 1.92 bits per heavy atom. The minimum absolute atomic E-state index is 0.144. The number of furan rings is 1. The van der Waals surface area contributed by atoms with Crippen LogP contribution < -0.4 is 10.1 Å². The van der Waals surface area contributed by atoms with Crippen LogP contribution in [0.2, 0.25) is 0 Å². The molecule has 1 aliphatic rings. The largest absolute Gasteiger partial charge is 0.486 e. The van der Waals surface area contributed by atoms with E-state index in [1.54, 1.807) is 12.1 Å². The smallest absolute Gasteiger partial charge is 0.287 e. The van der Waals surface area contributed by atoms with Crippen molar-refractivity contribution in [2.45, 2.75) is 45.3 Å². The van der Waals surface area contributed by atoms with Gasteiger partial charge in [0, 0.05) is 6.04 Å². The molecule has 1 fully saturated rings. The van der Waals surface area contributed by atoms with Crippen LogP contribution in [0.25, 0.3) is 0 Å². The molecule has 0 unspecified atom stereocenters. The Hall–Kier alpha value is -2.27. The maximum atomic E-state index is 12.3. The van der Waals surface area contributed by atoms with Crippen molar-refractivity contribution in [3.8, 4) is 5.75 Å². The highest BCUT2D eigenvalue weighted by molar-refractivity contribution is 5.91. The zero-order valence-electron chi connectivity index (χ0n) is 15.7. The van der Waals surface area contributed by atoms with Crippen LogP contribution in [0.15, 0.2) is 40.8 Å². The van der Waals surface area contributed by atoms with Crippen molar-refractivity contribution in [2.75, 3.05) is 20.1 Å². The van der Waals surface area contributed by atoms with Gasteiger partial charge in [0.25, 0.3) is 5.91 Å². The lowest BCUT2D eigenvalue weighted by atomic mass is 10.1. The Bertz CT molecular complexity index is 700. The standard InChI is InChI=1S/C21H28N2O3/c1-3-4-16-5-7-18(8-6-16)25-15-19-9-10-20(26-19)21(24)22-17-11-13-23(2)14-12-17/h5-10,17H,3-4,11-15H2,1-2H3,(H,22,24). The molecule has 1 aromatic heterocycles. The third-order valence-electron chi connectivity index (χ3n) is 4.78. The fraction of sp³-hybridized carbons (Fsp3) is 0.476. The van der Waals surface area contributed by atoms with E-state index in [2.05, 4.69) is 36.3 Å². The second-order valence-electron chi connectivity index (χ2n) is 7.00. The number of carbonyl (C=O) groups is 1. The number of piperidine rings is 1. The van der Waals surface area contributed by atoms with Gasteiger partial charge in [0.15, 0.2) is 5.76 Å². The molecule has 26 heavy (non-hydrogen) atoms. The van der Waals surface area contributed by atoms with Crippen molar-refractivity contribution >= 4 is 5.91 Å². The van der Waals surface area contributed by atoms with Gasteiger partial charge in [0.05, 0.1) is 0 Å². The molecule has 3 rings (SSSR count). The van der Waals surface area contributed by atoms with Gasteiger partial charge >= 0.3 is 0 Å². The summed E-state index contributed by atoms with van der Waals surface area (Å²) in [6, 6.07) is 11.9. The monoisotopic (exact) mass is 356 g/mol. The van der Waals surface area contributed by atoms with Gasteiger partial charge in [-0.15, -0.1) is 0 Å². The van der Waals surface area contributed by atoms with Crippen LogP contribution >= 0.6 is 0 Å². The molecular formula is C21H28N2O3. The van der Waals surface area contributed by atoms with Crippen molar-refractivity contribution in [1.29, 1.82) is 0 Å².